The van der Waals surface area contributed by atoms with Crippen LogP contribution in [0, 0.1) is 0 Å². The lowest BCUT2D eigenvalue weighted by Crippen LogP contribution is -2.15. The van der Waals surface area contributed by atoms with Crippen LogP contribution in [0.25, 0.3) is 11.6 Å². The summed E-state index contributed by atoms with van der Waals surface area (Å²) in [5.41, 5.74) is 0.909. The van der Waals surface area contributed by atoms with E-state index in [0.717, 1.165) is 5.56 Å². The Morgan fingerprint density at radius 1 is 1.30 bits per heavy atom. The van der Waals surface area contributed by atoms with Crippen LogP contribution in [0.15, 0.2) is 47.1 Å². The Hall–Kier alpha value is -2.60. The fourth-order valence-corrected chi connectivity index (χ4v) is 2.28. The molecular weight excluding hydrogens is 316 g/mol. The van der Waals surface area contributed by atoms with Gasteiger partial charge >= 0.3 is 0 Å². The zero-order valence-electron chi connectivity index (χ0n) is 12.5. The molecule has 0 saturated heterocycles. The highest BCUT2D eigenvalue weighted by atomic mass is 35.5. The Morgan fingerprint density at radius 3 is 2.83 bits per heavy atom. The fourth-order valence-electron chi connectivity index (χ4n) is 2.08. The summed E-state index contributed by atoms with van der Waals surface area (Å²) in [5, 5.41) is 7.99. The largest absolute Gasteiger partial charge is 0.461 e. The third-order valence-corrected chi connectivity index (χ3v) is 3.65. The minimum absolute atomic E-state index is 0.156. The van der Waals surface area contributed by atoms with Gasteiger partial charge in [-0.1, -0.05) is 36.7 Å². The van der Waals surface area contributed by atoms with Gasteiger partial charge in [0.05, 0.1) is 6.26 Å². The molecule has 0 amide bonds. The first-order valence-electron chi connectivity index (χ1n) is 7.20. The van der Waals surface area contributed by atoms with Crippen molar-refractivity contribution in [2.24, 2.45) is 0 Å². The second-order valence-electron chi connectivity index (χ2n) is 4.84. The third kappa shape index (κ3) is 3.27. The van der Waals surface area contributed by atoms with E-state index in [2.05, 4.69) is 15.4 Å². The number of halogens is 1. The Kier molecular flexibility index (Phi) is 4.43. The zero-order chi connectivity index (χ0) is 16.2. The Balaban J connectivity index is 1.88. The van der Waals surface area contributed by atoms with Crippen LogP contribution < -0.4 is 5.32 Å². The molecule has 118 valence electrons. The number of carbonyl (C=O) groups is 1. The molecule has 0 saturated carbocycles. The maximum atomic E-state index is 12.1. The van der Waals surface area contributed by atoms with Crippen LogP contribution in [0.4, 0.5) is 5.95 Å². The molecule has 0 atom stereocenters. The summed E-state index contributed by atoms with van der Waals surface area (Å²) < 4.78 is 6.54. The average Bonchev–Trinajstić information content (AvgIpc) is 3.22. The minimum Gasteiger partial charge on any atom is -0.461 e. The molecular formula is C16H15ClN4O2. The van der Waals surface area contributed by atoms with Gasteiger partial charge in [0.1, 0.15) is 0 Å². The Labute approximate surface area is 138 Å². The molecule has 0 radical (unpaired) electrons. The zero-order valence-corrected chi connectivity index (χ0v) is 13.2. The van der Waals surface area contributed by atoms with E-state index in [1.165, 1.54) is 10.9 Å². The number of carbonyl (C=O) groups excluding carboxylic acids is 1. The van der Waals surface area contributed by atoms with E-state index in [0.29, 0.717) is 35.5 Å². The van der Waals surface area contributed by atoms with Crippen molar-refractivity contribution in [1.29, 1.82) is 0 Å². The number of furan rings is 1. The first-order chi connectivity index (χ1) is 11.2. The number of benzene rings is 1. The molecule has 2 aromatic heterocycles. The van der Waals surface area contributed by atoms with Gasteiger partial charge in [0.15, 0.2) is 5.76 Å². The highest BCUT2D eigenvalue weighted by molar-refractivity contribution is 6.31. The van der Waals surface area contributed by atoms with Crippen LogP contribution in [0.5, 0.6) is 0 Å². The molecule has 1 N–H and O–H groups in total. The molecule has 7 heteroatoms. The van der Waals surface area contributed by atoms with Crippen molar-refractivity contribution in [2.45, 2.75) is 19.9 Å². The second-order valence-corrected chi connectivity index (χ2v) is 5.25. The summed E-state index contributed by atoms with van der Waals surface area (Å²) in [7, 11) is 0. The van der Waals surface area contributed by atoms with Gasteiger partial charge in [-0.15, -0.1) is 5.10 Å². The number of anilines is 1. The van der Waals surface area contributed by atoms with E-state index >= 15 is 0 Å². The van der Waals surface area contributed by atoms with Crippen molar-refractivity contribution < 1.29 is 9.21 Å². The van der Waals surface area contributed by atoms with Crippen LogP contribution in [-0.4, -0.2) is 20.7 Å². The normalized spacial score (nSPS) is 10.7. The van der Waals surface area contributed by atoms with Gasteiger partial charge in [-0.3, -0.25) is 4.79 Å². The lowest BCUT2D eigenvalue weighted by molar-refractivity contribution is 0.0895. The van der Waals surface area contributed by atoms with Crippen LogP contribution >= 0.6 is 11.6 Å². The van der Waals surface area contributed by atoms with Gasteiger partial charge in [0.25, 0.3) is 0 Å². The van der Waals surface area contributed by atoms with Crippen molar-refractivity contribution in [3.63, 3.8) is 0 Å². The standard InChI is InChI=1S/C16H15ClN4O2/c1-2-14(22)21-16(18-10-11-6-3-4-7-12(11)17)19-15(20-21)13-8-5-9-23-13/h3-9H,2,10H2,1H3,(H,18,19,20). The maximum Gasteiger partial charge on any atom is 0.249 e. The third-order valence-electron chi connectivity index (χ3n) is 3.28. The molecule has 0 fully saturated rings. The lowest BCUT2D eigenvalue weighted by atomic mass is 10.2. The summed E-state index contributed by atoms with van der Waals surface area (Å²) in [6.45, 7) is 2.21. The van der Waals surface area contributed by atoms with E-state index in [9.17, 15) is 4.79 Å². The molecule has 0 bridgehead atoms. The second kappa shape index (κ2) is 6.66. The van der Waals surface area contributed by atoms with Crippen molar-refractivity contribution in [3.8, 4) is 11.6 Å². The molecule has 23 heavy (non-hydrogen) atoms. The van der Waals surface area contributed by atoms with Gasteiger partial charge < -0.3 is 9.73 Å². The summed E-state index contributed by atoms with van der Waals surface area (Å²) in [6, 6.07) is 11.0. The quantitative estimate of drug-likeness (QED) is 0.769. The van der Waals surface area contributed by atoms with Gasteiger partial charge in [0, 0.05) is 18.0 Å². The van der Waals surface area contributed by atoms with E-state index < -0.39 is 0 Å². The van der Waals surface area contributed by atoms with Gasteiger partial charge in [0.2, 0.25) is 17.7 Å². The van der Waals surface area contributed by atoms with Crippen LogP contribution in [0.1, 0.15) is 23.7 Å². The number of aromatic nitrogens is 3. The number of hydrogen-bond acceptors (Lipinski definition) is 5. The van der Waals surface area contributed by atoms with E-state index in [1.807, 2.05) is 24.3 Å². The molecule has 0 unspecified atom stereocenters. The van der Waals surface area contributed by atoms with Crippen LogP contribution in [0.3, 0.4) is 0 Å². The van der Waals surface area contributed by atoms with Crippen LogP contribution in [-0.2, 0) is 6.54 Å². The molecule has 3 aromatic rings. The first kappa shape index (κ1) is 15.3. The monoisotopic (exact) mass is 330 g/mol. The van der Waals surface area contributed by atoms with Gasteiger partial charge in [-0.05, 0) is 23.8 Å². The Bertz CT molecular complexity index is 811. The SMILES string of the molecule is CCC(=O)n1nc(-c2ccco2)nc1NCc1ccccc1Cl. The highest BCUT2D eigenvalue weighted by Crippen LogP contribution is 2.20. The first-order valence-corrected chi connectivity index (χ1v) is 7.58. The summed E-state index contributed by atoms with van der Waals surface area (Å²) in [5.74, 6) is 1.08. The minimum atomic E-state index is -0.156. The smallest absolute Gasteiger partial charge is 0.249 e. The van der Waals surface area contributed by atoms with E-state index in [4.69, 9.17) is 16.0 Å². The van der Waals surface area contributed by atoms with Crippen molar-refractivity contribution in [3.05, 3.63) is 53.2 Å². The lowest BCUT2D eigenvalue weighted by Gasteiger charge is -2.07. The van der Waals surface area contributed by atoms with Crippen molar-refractivity contribution >= 4 is 23.5 Å². The Morgan fingerprint density at radius 2 is 2.13 bits per heavy atom. The predicted octanol–water partition coefficient (Wildman–Crippen LogP) is 3.85. The van der Waals surface area contributed by atoms with Crippen molar-refractivity contribution in [1.82, 2.24) is 14.8 Å². The molecule has 0 aliphatic rings. The van der Waals surface area contributed by atoms with Gasteiger partial charge in [-0.25, -0.2) is 0 Å². The van der Waals surface area contributed by atoms with E-state index in [-0.39, 0.29) is 5.91 Å². The summed E-state index contributed by atoms with van der Waals surface area (Å²) in [6.07, 6.45) is 1.86. The van der Waals surface area contributed by atoms with Crippen molar-refractivity contribution in [2.75, 3.05) is 5.32 Å². The molecule has 2 heterocycles. The number of hydrogen-bond donors (Lipinski definition) is 1. The predicted molar refractivity (Wildman–Crippen MR) is 87.4 cm³/mol. The summed E-state index contributed by atoms with van der Waals surface area (Å²) >= 11 is 6.14. The molecule has 6 nitrogen and oxygen atoms in total. The van der Waals surface area contributed by atoms with E-state index in [1.54, 1.807) is 19.1 Å². The molecule has 3 rings (SSSR count). The molecule has 1 aromatic carbocycles. The molecule has 0 aliphatic carbocycles. The molecule has 0 spiro atoms. The molecule has 0 aliphatic heterocycles. The number of nitrogens with zero attached hydrogens (tertiary/aromatic N) is 3. The fraction of sp³-hybridized carbons (Fsp3) is 0.188. The topological polar surface area (TPSA) is 73.0 Å². The van der Waals surface area contributed by atoms with Gasteiger partial charge in [-0.2, -0.15) is 9.67 Å². The summed E-state index contributed by atoms with van der Waals surface area (Å²) in [4.78, 5) is 16.4. The maximum absolute atomic E-state index is 12.1. The number of nitrogens with one attached hydrogen (secondary N) is 1. The average molecular weight is 331 g/mol. The number of rotatable bonds is 5. The van der Waals surface area contributed by atoms with Crippen LogP contribution in [0.2, 0.25) is 5.02 Å². The highest BCUT2D eigenvalue weighted by Gasteiger charge is 2.17.